The number of rotatable bonds is 6. The van der Waals surface area contributed by atoms with Crippen LogP contribution >= 0.6 is 12.4 Å². The van der Waals surface area contributed by atoms with Crippen LogP contribution in [0.2, 0.25) is 0 Å². The molecule has 3 heterocycles. The number of benzene rings is 1. The van der Waals surface area contributed by atoms with Crippen molar-refractivity contribution in [3.8, 4) is 11.4 Å². The molecule has 9 nitrogen and oxygen atoms in total. The van der Waals surface area contributed by atoms with Crippen molar-refractivity contribution in [3.63, 3.8) is 0 Å². The van der Waals surface area contributed by atoms with Gasteiger partial charge in [-0.25, -0.2) is 27.8 Å². The lowest BCUT2D eigenvalue weighted by Crippen LogP contribution is -2.46. The molecule has 1 aliphatic heterocycles. The molecule has 12 heteroatoms. The maximum atomic E-state index is 14.6. The van der Waals surface area contributed by atoms with Crippen LogP contribution < -0.4 is 5.32 Å². The fourth-order valence-corrected chi connectivity index (χ4v) is 5.33. The minimum absolute atomic E-state index is 0. The van der Waals surface area contributed by atoms with E-state index >= 15 is 0 Å². The number of sulfonamides is 1. The van der Waals surface area contributed by atoms with Crippen LogP contribution in [0.15, 0.2) is 41.6 Å². The third kappa shape index (κ3) is 5.22. The molecule has 0 aliphatic carbocycles. The molecule has 34 heavy (non-hydrogen) atoms. The molecule has 1 aliphatic rings. The van der Waals surface area contributed by atoms with Crippen molar-refractivity contribution >= 4 is 34.1 Å². The highest BCUT2D eigenvalue weighted by atomic mass is 35.5. The van der Waals surface area contributed by atoms with E-state index in [9.17, 15) is 12.8 Å². The second kappa shape index (κ2) is 10.3. The number of halogens is 2. The highest BCUT2D eigenvalue weighted by molar-refractivity contribution is 7.89. The monoisotopic (exact) mass is 509 g/mol. The summed E-state index contributed by atoms with van der Waals surface area (Å²) in [5.74, 6) is 0.427. The number of hydrogen-bond donors (Lipinski definition) is 1. The van der Waals surface area contributed by atoms with Gasteiger partial charge in [0.1, 0.15) is 11.5 Å². The minimum atomic E-state index is -3.55. The van der Waals surface area contributed by atoms with Gasteiger partial charge in [0.05, 0.1) is 23.0 Å². The van der Waals surface area contributed by atoms with E-state index in [4.69, 9.17) is 0 Å². The third-order valence-electron chi connectivity index (χ3n) is 5.70. The molecule has 1 aromatic carbocycles. The molecular weight excluding hydrogens is 481 g/mol. The van der Waals surface area contributed by atoms with E-state index in [0.717, 1.165) is 12.0 Å². The van der Waals surface area contributed by atoms with Gasteiger partial charge in [0.15, 0.2) is 5.82 Å². The zero-order valence-corrected chi connectivity index (χ0v) is 21.2. The van der Waals surface area contributed by atoms with Gasteiger partial charge in [-0.05, 0) is 52.1 Å². The minimum Gasteiger partial charge on any atom is -0.324 e. The Kier molecular flexibility index (Phi) is 7.91. The number of hydrogen-bond acceptors (Lipinski definition) is 7. The summed E-state index contributed by atoms with van der Waals surface area (Å²) in [4.78, 5) is 15.0. The lowest BCUT2D eigenvalue weighted by molar-refractivity contribution is 0.222. The van der Waals surface area contributed by atoms with Gasteiger partial charge >= 0.3 is 0 Å². The summed E-state index contributed by atoms with van der Waals surface area (Å²) in [5, 5.41) is 3.03. The molecule has 1 saturated heterocycles. The second-order valence-electron chi connectivity index (χ2n) is 8.40. The molecule has 0 saturated carbocycles. The van der Waals surface area contributed by atoms with Crippen LogP contribution in [0.25, 0.3) is 11.4 Å². The summed E-state index contributed by atoms with van der Waals surface area (Å²) in [7, 11) is -1.57. The van der Waals surface area contributed by atoms with Crippen molar-refractivity contribution in [3.05, 3.63) is 48.3 Å². The van der Waals surface area contributed by atoms with E-state index in [1.165, 1.54) is 4.31 Å². The Morgan fingerprint density at radius 1 is 1.03 bits per heavy atom. The van der Waals surface area contributed by atoms with Crippen molar-refractivity contribution in [2.75, 3.05) is 38.5 Å². The highest BCUT2D eigenvalue weighted by Crippen LogP contribution is 2.27. The number of anilines is 2. The number of nitrogens with one attached hydrogen (secondary N) is 1. The summed E-state index contributed by atoms with van der Waals surface area (Å²) in [6.45, 7) is 8.20. The van der Waals surface area contributed by atoms with Crippen LogP contribution in [0.1, 0.15) is 25.7 Å². The summed E-state index contributed by atoms with van der Waals surface area (Å²) in [5.41, 5.74) is 1.31. The predicted octanol–water partition coefficient (Wildman–Crippen LogP) is 3.47. The molecule has 1 N–H and O–H groups in total. The maximum Gasteiger partial charge on any atom is 0.243 e. The standard InChI is InChI=1S/C22H28FN7O2S.ClH/c1-15(2)30-16(3)24-14-20(30)21-19(23)13-25-22(27-21)26-17-5-7-18(8-6-17)33(31,32)29-11-9-28(4)10-12-29;/h5-8,13-15H,9-12H2,1-4H3,(H,25,26,27);1H. The van der Waals surface area contributed by atoms with Crippen LogP contribution in [0.3, 0.4) is 0 Å². The van der Waals surface area contributed by atoms with E-state index in [-0.39, 0.29) is 35.0 Å². The average Bonchev–Trinajstić information content (AvgIpc) is 3.17. The first-order chi connectivity index (χ1) is 15.7. The number of piperazine rings is 1. The van der Waals surface area contributed by atoms with Crippen molar-refractivity contribution in [2.24, 2.45) is 0 Å². The Bertz CT molecular complexity index is 1240. The molecule has 3 aromatic rings. The van der Waals surface area contributed by atoms with Crippen molar-refractivity contribution in [2.45, 2.75) is 31.7 Å². The molecule has 0 atom stereocenters. The van der Waals surface area contributed by atoms with Crippen LogP contribution in [0, 0.1) is 12.7 Å². The summed E-state index contributed by atoms with van der Waals surface area (Å²) < 4.78 is 43.8. The first-order valence-electron chi connectivity index (χ1n) is 10.8. The lowest BCUT2D eigenvalue weighted by Gasteiger charge is -2.31. The first-order valence-corrected chi connectivity index (χ1v) is 12.2. The van der Waals surface area contributed by atoms with E-state index in [2.05, 4.69) is 25.2 Å². The van der Waals surface area contributed by atoms with Crippen LogP contribution in [-0.4, -0.2) is 70.4 Å². The van der Waals surface area contributed by atoms with Crippen molar-refractivity contribution < 1.29 is 12.8 Å². The van der Waals surface area contributed by atoms with Crippen LogP contribution in [-0.2, 0) is 10.0 Å². The zero-order valence-electron chi connectivity index (χ0n) is 19.6. The molecule has 2 aromatic heterocycles. The topological polar surface area (TPSA) is 96.2 Å². The number of nitrogens with zero attached hydrogens (tertiary/aromatic N) is 6. The number of imidazole rings is 1. The largest absolute Gasteiger partial charge is 0.324 e. The van der Waals surface area contributed by atoms with Gasteiger partial charge in [0, 0.05) is 37.9 Å². The van der Waals surface area contributed by atoms with E-state index in [1.54, 1.807) is 30.5 Å². The summed E-state index contributed by atoms with van der Waals surface area (Å²) in [6, 6.07) is 6.49. The average molecular weight is 510 g/mol. The molecule has 184 valence electrons. The third-order valence-corrected chi connectivity index (χ3v) is 7.61. The zero-order chi connectivity index (χ0) is 23.8. The molecule has 1 fully saturated rings. The molecule has 0 amide bonds. The van der Waals surface area contributed by atoms with Crippen LogP contribution in [0.4, 0.5) is 16.0 Å². The quantitative estimate of drug-likeness (QED) is 0.543. The molecule has 0 bridgehead atoms. The molecular formula is C22H29ClFN7O2S. The summed E-state index contributed by atoms with van der Waals surface area (Å²) >= 11 is 0. The smallest absolute Gasteiger partial charge is 0.243 e. The molecule has 0 unspecified atom stereocenters. The Balaban J connectivity index is 0.00000324. The maximum absolute atomic E-state index is 14.6. The van der Waals surface area contributed by atoms with Gasteiger partial charge in [-0.2, -0.15) is 4.31 Å². The number of aromatic nitrogens is 4. The van der Waals surface area contributed by atoms with E-state index in [0.29, 0.717) is 37.6 Å². The highest BCUT2D eigenvalue weighted by Gasteiger charge is 2.27. The predicted molar refractivity (Wildman–Crippen MR) is 132 cm³/mol. The van der Waals surface area contributed by atoms with Crippen molar-refractivity contribution in [1.82, 2.24) is 28.7 Å². The molecule has 4 rings (SSSR count). The fraction of sp³-hybridized carbons (Fsp3) is 0.409. The second-order valence-corrected chi connectivity index (χ2v) is 10.3. The SMILES string of the molecule is Cc1ncc(-c2nc(Nc3ccc(S(=O)(=O)N4CCN(C)CC4)cc3)ncc2F)n1C(C)C.Cl. The van der Waals surface area contributed by atoms with Crippen molar-refractivity contribution in [1.29, 1.82) is 0 Å². The Hall–Kier alpha value is -2.60. The van der Waals surface area contributed by atoms with Gasteiger partial charge in [0.2, 0.25) is 16.0 Å². The molecule has 0 spiro atoms. The van der Waals surface area contributed by atoms with Gasteiger partial charge in [0.25, 0.3) is 0 Å². The fourth-order valence-electron chi connectivity index (χ4n) is 3.90. The Morgan fingerprint density at radius 3 is 2.29 bits per heavy atom. The number of likely N-dealkylation sites (N-methyl/N-ethyl adjacent to an activating group) is 1. The summed E-state index contributed by atoms with van der Waals surface area (Å²) in [6.07, 6.45) is 2.71. The Labute approximate surface area is 205 Å². The number of aryl methyl sites for hydroxylation is 1. The van der Waals surface area contributed by atoms with Gasteiger partial charge < -0.3 is 14.8 Å². The first kappa shape index (κ1) is 26.0. The van der Waals surface area contributed by atoms with Crippen LogP contribution in [0.5, 0.6) is 0 Å². The van der Waals surface area contributed by atoms with E-state index in [1.807, 2.05) is 32.4 Å². The van der Waals surface area contributed by atoms with Gasteiger partial charge in [-0.15, -0.1) is 12.4 Å². The normalized spacial score (nSPS) is 15.4. The Morgan fingerprint density at radius 2 is 1.68 bits per heavy atom. The van der Waals surface area contributed by atoms with Gasteiger partial charge in [-0.3, -0.25) is 0 Å². The molecule has 0 radical (unpaired) electrons. The van der Waals surface area contributed by atoms with E-state index < -0.39 is 15.8 Å². The lowest BCUT2D eigenvalue weighted by atomic mass is 10.2. The van der Waals surface area contributed by atoms with Gasteiger partial charge in [-0.1, -0.05) is 0 Å².